The second-order valence-corrected chi connectivity index (χ2v) is 13.4. The van der Waals surface area contributed by atoms with Crippen molar-refractivity contribution < 1.29 is 5.11 Å². The standard InChI is InChI=1S/C29H48O/c1-17(2)18(3)23-16-24(23)19(4)25-9-10-26-22-8-7-20-15-21(30)11-13-28(20,5)27(22)12-14-29(25,26)6/h8,17-21,23-27,30H,7,9-16H2,1-6H3. The number of hydrogen-bond donors (Lipinski definition) is 1. The number of aliphatic hydroxyl groups excluding tert-OH is 1. The van der Waals surface area contributed by atoms with Crippen LogP contribution in [0.1, 0.15) is 99.3 Å². The van der Waals surface area contributed by atoms with Gasteiger partial charge in [0.15, 0.2) is 0 Å². The van der Waals surface area contributed by atoms with Crippen LogP contribution in [0.15, 0.2) is 11.6 Å². The maximum absolute atomic E-state index is 10.3. The van der Waals surface area contributed by atoms with Gasteiger partial charge in [0.1, 0.15) is 0 Å². The van der Waals surface area contributed by atoms with Gasteiger partial charge in [-0.3, -0.25) is 0 Å². The SMILES string of the molecule is CC(C)C(C)C1CC1C(C)C1CCC2C3=CCC4CC(O)CCC4(C)C3CCC21C. The van der Waals surface area contributed by atoms with Crippen LogP contribution in [-0.2, 0) is 0 Å². The van der Waals surface area contributed by atoms with Crippen LogP contribution in [0, 0.1) is 64.1 Å². The molecule has 0 bridgehead atoms. The van der Waals surface area contributed by atoms with E-state index < -0.39 is 0 Å². The molecule has 0 aromatic carbocycles. The minimum absolute atomic E-state index is 0.0386. The second kappa shape index (κ2) is 7.36. The molecule has 0 radical (unpaired) electrons. The average Bonchev–Trinajstić information content (AvgIpc) is 3.42. The lowest BCUT2D eigenvalue weighted by atomic mass is 9.47. The van der Waals surface area contributed by atoms with Crippen molar-refractivity contribution >= 4 is 0 Å². The highest BCUT2D eigenvalue weighted by atomic mass is 16.3. The molecule has 5 rings (SSSR count). The van der Waals surface area contributed by atoms with E-state index in [0.717, 1.165) is 66.1 Å². The van der Waals surface area contributed by atoms with E-state index in [9.17, 15) is 5.11 Å². The zero-order chi connectivity index (χ0) is 21.4. The molecule has 0 heterocycles. The topological polar surface area (TPSA) is 20.2 Å². The summed E-state index contributed by atoms with van der Waals surface area (Å²) in [5.41, 5.74) is 2.90. The summed E-state index contributed by atoms with van der Waals surface area (Å²) in [6, 6.07) is 0. The van der Waals surface area contributed by atoms with Gasteiger partial charge in [0.05, 0.1) is 6.10 Å². The molecule has 0 aromatic heterocycles. The molecule has 4 fully saturated rings. The van der Waals surface area contributed by atoms with Crippen LogP contribution in [-0.4, -0.2) is 11.2 Å². The third-order valence-electron chi connectivity index (χ3n) is 12.1. The van der Waals surface area contributed by atoms with Crippen molar-refractivity contribution in [1.29, 1.82) is 0 Å². The summed E-state index contributed by atoms with van der Waals surface area (Å²) >= 11 is 0. The van der Waals surface area contributed by atoms with Crippen molar-refractivity contribution in [2.75, 3.05) is 0 Å². The van der Waals surface area contributed by atoms with Crippen LogP contribution in [0.5, 0.6) is 0 Å². The molecule has 0 aromatic rings. The number of aliphatic hydroxyl groups is 1. The van der Waals surface area contributed by atoms with Crippen LogP contribution in [0.3, 0.4) is 0 Å². The summed E-state index contributed by atoms with van der Waals surface area (Å²) < 4.78 is 0. The van der Waals surface area contributed by atoms with Gasteiger partial charge >= 0.3 is 0 Å². The molecule has 1 nitrogen and oxygen atoms in total. The number of allylic oxidation sites excluding steroid dienone is 2. The van der Waals surface area contributed by atoms with Gasteiger partial charge in [-0.05, 0) is 122 Å². The van der Waals surface area contributed by atoms with Crippen molar-refractivity contribution in [3.8, 4) is 0 Å². The van der Waals surface area contributed by atoms with Crippen LogP contribution in [0.25, 0.3) is 0 Å². The summed E-state index contributed by atoms with van der Waals surface area (Å²) in [6.45, 7) is 15.3. The normalized spacial score (nSPS) is 52.1. The molecule has 0 amide bonds. The first-order valence-electron chi connectivity index (χ1n) is 13.5. The first-order chi connectivity index (χ1) is 14.2. The highest BCUT2D eigenvalue weighted by Gasteiger charge is 2.60. The molecule has 170 valence electrons. The third-order valence-corrected chi connectivity index (χ3v) is 12.1. The summed E-state index contributed by atoms with van der Waals surface area (Å²) in [5, 5.41) is 10.3. The number of rotatable bonds is 4. The molecule has 5 aliphatic rings. The summed E-state index contributed by atoms with van der Waals surface area (Å²) in [5.74, 6) is 7.99. The molecule has 30 heavy (non-hydrogen) atoms. The smallest absolute Gasteiger partial charge is 0.0543 e. The number of fused-ring (bicyclic) bond motifs is 5. The zero-order valence-corrected chi connectivity index (χ0v) is 20.7. The van der Waals surface area contributed by atoms with Crippen LogP contribution < -0.4 is 0 Å². The van der Waals surface area contributed by atoms with Gasteiger partial charge < -0.3 is 5.11 Å². The summed E-state index contributed by atoms with van der Waals surface area (Å²) in [7, 11) is 0. The molecular formula is C29H48O. The average molecular weight is 413 g/mol. The first-order valence-corrected chi connectivity index (χ1v) is 13.5. The molecule has 11 atom stereocenters. The van der Waals surface area contributed by atoms with Crippen LogP contribution in [0.4, 0.5) is 0 Å². The van der Waals surface area contributed by atoms with Gasteiger partial charge in [0.25, 0.3) is 0 Å². The Balaban J connectivity index is 1.34. The van der Waals surface area contributed by atoms with E-state index in [0.29, 0.717) is 10.8 Å². The minimum Gasteiger partial charge on any atom is -0.393 e. The predicted molar refractivity (Wildman–Crippen MR) is 126 cm³/mol. The Kier molecular flexibility index (Phi) is 5.28. The molecule has 0 aliphatic heterocycles. The molecule has 1 N–H and O–H groups in total. The fraction of sp³-hybridized carbons (Fsp3) is 0.931. The first kappa shape index (κ1) is 21.5. The Morgan fingerprint density at radius 2 is 1.57 bits per heavy atom. The van der Waals surface area contributed by atoms with Crippen LogP contribution in [0.2, 0.25) is 0 Å². The highest BCUT2D eigenvalue weighted by Crippen LogP contribution is 2.68. The Labute approximate surface area is 186 Å². The molecule has 11 unspecified atom stereocenters. The van der Waals surface area contributed by atoms with E-state index in [2.05, 4.69) is 47.6 Å². The lowest BCUT2D eigenvalue weighted by Crippen LogP contribution is -2.50. The van der Waals surface area contributed by atoms with Crippen molar-refractivity contribution in [1.82, 2.24) is 0 Å². The van der Waals surface area contributed by atoms with Gasteiger partial charge in [0, 0.05) is 0 Å². The van der Waals surface area contributed by atoms with E-state index in [4.69, 9.17) is 0 Å². The van der Waals surface area contributed by atoms with E-state index in [-0.39, 0.29) is 6.10 Å². The molecule has 5 aliphatic carbocycles. The van der Waals surface area contributed by atoms with Crippen molar-refractivity contribution in [2.45, 2.75) is 105 Å². The lowest BCUT2D eigenvalue weighted by Gasteiger charge is -2.57. The fourth-order valence-electron chi connectivity index (χ4n) is 9.63. The monoisotopic (exact) mass is 412 g/mol. The fourth-order valence-corrected chi connectivity index (χ4v) is 9.63. The highest BCUT2D eigenvalue weighted by molar-refractivity contribution is 5.28. The third kappa shape index (κ3) is 3.11. The largest absolute Gasteiger partial charge is 0.393 e. The molecule has 0 spiro atoms. The Hall–Kier alpha value is -0.300. The van der Waals surface area contributed by atoms with Crippen molar-refractivity contribution in [3.05, 3.63) is 11.6 Å². The van der Waals surface area contributed by atoms with Crippen LogP contribution >= 0.6 is 0 Å². The second-order valence-electron chi connectivity index (χ2n) is 13.4. The molecular weight excluding hydrogens is 364 g/mol. The molecule has 4 saturated carbocycles. The number of hydrogen-bond acceptors (Lipinski definition) is 1. The van der Waals surface area contributed by atoms with Crippen molar-refractivity contribution in [2.24, 2.45) is 64.1 Å². The zero-order valence-electron chi connectivity index (χ0n) is 20.7. The van der Waals surface area contributed by atoms with Gasteiger partial charge in [-0.25, -0.2) is 0 Å². The lowest BCUT2D eigenvalue weighted by molar-refractivity contribution is -0.0433. The van der Waals surface area contributed by atoms with Crippen molar-refractivity contribution in [3.63, 3.8) is 0 Å². The Morgan fingerprint density at radius 3 is 2.30 bits per heavy atom. The summed E-state index contributed by atoms with van der Waals surface area (Å²) in [4.78, 5) is 0. The predicted octanol–water partition coefficient (Wildman–Crippen LogP) is 7.49. The summed E-state index contributed by atoms with van der Waals surface area (Å²) in [6.07, 6.45) is 14.5. The van der Waals surface area contributed by atoms with E-state index >= 15 is 0 Å². The van der Waals surface area contributed by atoms with Gasteiger partial charge in [0.2, 0.25) is 0 Å². The van der Waals surface area contributed by atoms with E-state index in [1.165, 1.54) is 44.9 Å². The molecule has 0 saturated heterocycles. The molecule has 1 heteroatoms. The quantitative estimate of drug-likeness (QED) is 0.474. The Morgan fingerprint density at radius 1 is 0.867 bits per heavy atom. The van der Waals surface area contributed by atoms with E-state index in [1.807, 2.05) is 5.57 Å². The van der Waals surface area contributed by atoms with E-state index in [1.54, 1.807) is 0 Å². The maximum atomic E-state index is 10.3. The minimum atomic E-state index is -0.0386. The Bertz CT molecular complexity index is 692. The van der Waals surface area contributed by atoms with Gasteiger partial charge in [-0.2, -0.15) is 0 Å². The maximum Gasteiger partial charge on any atom is 0.0543 e. The van der Waals surface area contributed by atoms with Gasteiger partial charge in [-0.15, -0.1) is 0 Å². The van der Waals surface area contributed by atoms with Gasteiger partial charge in [-0.1, -0.05) is 53.2 Å².